The summed E-state index contributed by atoms with van der Waals surface area (Å²) in [5, 5.41) is 4.45. The molecule has 0 bridgehead atoms. The van der Waals surface area contributed by atoms with Gasteiger partial charge in [-0.05, 0) is 75.3 Å². The van der Waals surface area contributed by atoms with Gasteiger partial charge in [0.1, 0.15) is 11.6 Å². The third kappa shape index (κ3) is 5.28. The number of hydrogen-bond acceptors (Lipinski definition) is 7. The lowest BCUT2D eigenvalue weighted by atomic mass is 9.81. The Labute approximate surface area is 204 Å². The molecular weight excluding hydrogens is 444 g/mol. The van der Waals surface area contributed by atoms with Crippen LogP contribution >= 0.6 is 11.3 Å². The smallest absolute Gasteiger partial charge is 0.225 e. The second kappa shape index (κ2) is 10.2. The van der Waals surface area contributed by atoms with E-state index in [-0.39, 0.29) is 12.0 Å². The topological polar surface area (TPSA) is 97.0 Å². The van der Waals surface area contributed by atoms with Crippen LogP contribution in [-0.2, 0) is 4.79 Å². The minimum Gasteiger partial charge on any atom is -0.342 e. The molecule has 3 aromatic heterocycles. The zero-order valence-corrected chi connectivity index (χ0v) is 20.4. The molecule has 0 spiro atoms. The number of nitrogens with one attached hydrogen (secondary N) is 1. The number of thiazole rings is 1. The summed E-state index contributed by atoms with van der Waals surface area (Å²) in [5.74, 6) is 2.47. The van der Waals surface area contributed by atoms with Gasteiger partial charge >= 0.3 is 0 Å². The van der Waals surface area contributed by atoms with Crippen LogP contribution in [0, 0.1) is 12.8 Å². The molecule has 1 amide bonds. The molecule has 3 aromatic rings. The second-order valence-corrected chi connectivity index (χ2v) is 10.6. The molecule has 0 atom stereocenters. The maximum Gasteiger partial charge on any atom is 0.225 e. The van der Waals surface area contributed by atoms with E-state index in [0.29, 0.717) is 11.8 Å². The number of aryl methyl sites for hydroxylation is 1. The number of pyridine rings is 2. The third-order valence-corrected chi connectivity index (χ3v) is 8.16. The van der Waals surface area contributed by atoms with Gasteiger partial charge in [-0.2, -0.15) is 0 Å². The van der Waals surface area contributed by atoms with Crippen molar-refractivity contribution >= 4 is 28.9 Å². The Morgan fingerprint density at radius 3 is 2.62 bits per heavy atom. The fraction of sp³-hybridized carbons (Fsp3) is 0.462. The Morgan fingerprint density at radius 2 is 1.85 bits per heavy atom. The molecule has 1 aliphatic heterocycles. The molecule has 34 heavy (non-hydrogen) atoms. The largest absolute Gasteiger partial charge is 0.342 e. The molecule has 0 radical (unpaired) electrons. The van der Waals surface area contributed by atoms with Crippen LogP contribution in [-0.4, -0.2) is 44.9 Å². The first-order valence-electron chi connectivity index (χ1n) is 12.2. The van der Waals surface area contributed by atoms with Gasteiger partial charge in [-0.3, -0.25) is 4.79 Å². The highest BCUT2D eigenvalue weighted by molar-refractivity contribution is 7.15. The van der Waals surface area contributed by atoms with Crippen LogP contribution in [0.2, 0.25) is 0 Å². The standard InChI is InChI=1S/C26H32N6OS/c1-17-9-12-28-24(15-17)31-23-4-2-3-21(30-23)22-16-29-25(34-22)18-5-7-19(8-6-18)26(33)32-13-10-20(27)11-14-32/h2-4,9,12,15-16,18-20H,5-8,10-11,13-14,27H2,1H3,(H,28,30,31)/t18-,19-. The number of rotatable bonds is 5. The predicted octanol–water partition coefficient (Wildman–Crippen LogP) is 4.88. The minimum absolute atomic E-state index is 0.157. The Hall–Kier alpha value is -2.84. The van der Waals surface area contributed by atoms with Gasteiger partial charge < -0.3 is 16.0 Å². The van der Waals surface area contributed by atoms with Gasteiger partial charge in [0.15, 0.2) is 0 Å². The molecule has 1 aliphatic carbocycles. The SMILES string of the molecule is Cc1ccnc(Nc2cccc(-c3cnc([C@H]4CC[C@H](C(=O)N5CCC(N)CC5)CC4)s3)n2)c1. The van der Waals surface area contributed by atoms with Crippen molar-refractivity contribution in [2.24, 2.45) is 11.7 Å². The molecule has 0 unspecified atom stereocenters. The van der Waals surface area contributed by atoms with Gasteiger partial charge in [0.25, 0.3) is 0 Å². The lowest BCUT2D eigenvalue weighted by molar-refractivity contribution is -0.137. The summed E-state index contributed by atoms with van der Waals surface area (Å²) in [5.41, 5.74) is 8.06. The zero-order valence-electron chi connectivity index (χ0n) is 19.6. The summed E-state index contributed by atoms with van der Waals surface area (Å²) in [6, 6.07) is 10.2. The molecule has 1 saturated heterocycles. The van der Waals surface area contributed by atoms with Crippen LogP contribution in [0.3, 0.4) is 0 Å². The molecule has 0 aromatic carbocycles. The van der Waals surface area contributed by atoms with Crippen molar-refractivity contribution in [3.63, 3.8) is 0 Å². The molecule has 2 fully saturated rings. The molecule has 4 heterocycles. The van der Waals surface area contributed by atoms with Crippen molar-refractivity contribution in [1.82, 2.24) is 19.9 Å². The molecule has 178 valence electrons. The van der Waals surface area contributed by atoms with Crippen LogP contribution in [0.4, 0.5) is 11.6 Å². The van der Waals surface area contributed by atoms with E-state index in [1.807, 2.05) is 48.4 Å². The van der Waals surface area contributed by atoms with E-state index in [9.17, 15) is 4.79 Å². The molecule has 8 heteroatoms. The molecule has 1 saturated carbocycles. The third-order valence-electron chi connectivity index (χ3n) is 6.97. The summed E-state index contributed by atoms with van der Waals surface area (Å²) in [4.78, 5) is 29.9. The number of amides is 1. The molecule has 3 N–H and O–H groups in total. The van der Waals surface area contributed by atoms with Gasteiger partial charge in [0, 0.05) is 43.4 Å². The van der Waals surface area contributed by atoms with Crippen LogP contribution < -0.4 is 11.1 Å². The summed E-state index contributed by atoms with van der Waals surface area (Å²) in [6.07, 6.45) is 9.51. The van der Waals surface area contributed by atoms with E-state index in [2.05, 4.69) is 10.3 Å². The average Bonchev–Trinajstić information content (AvgIpc) is 3.35. The lowest BCUT2D eigenvalue weighted by Crippen LogP contribution is -2.45. The highest BCUT2D eigenvalue weighted by atomic mass is 32.1. The normalized spacial score (nSPS) is 21.4. The average molecular weight is 477 g/mol. The lowest BCUT2D eigenvalue weighted by Gasteiger charge is -2.35. The maximum atomic E-state index is 12.9. The first-order chi connectivity index (χ1) is 16.5. The van der Waals surface area contributed by atoms with E-state index in [1.54, 1.807) is 17.5 Å². The zero-order chi connectivity index (χ0) is 23.5. The van der Waals surface area contributed by atoms with E-state index < -0.39 is 0 Å². The number of likely N-dealkylation sites (tertiary alicyclic amines) is 1. The van der Waals surface area contributed by atoms with Crippen LogP contribution in [0.5, 0.6) is 0 Å². The number of aromatic nitrogens is 3. The van der Waals surface area contributed by atoms with Crippen LogP contribution in [0.25, 0.3) is 10.6 Å². The van der Waals surface area contributed by atoms with E-state index in [0.717, 1.165) is 84.4 Å². The monoisotopic (exact) mass is 476 g/mol. The highest BCUT2D eigenvalue weighted by Gasteiger charge is 2.32. The molecular formula is C26H32N6OS. The van der Waals surface area contributed by atoms with Crippen molar-refractivity contribution in [2.45, 2.75) is 57.4 Å². The van der Waals surface area contributed by atoms with Gasteiger partial charge in [0.05, 0.1) is 15.6 Å². The predicted molar refractivity (Wildman–Crippen MR) is 136 cm³/mol. The minimum atomic E-state index is 0.157. The molecule has 2 aliphatic rings. The Bertz CT molecular complexity index is 1130. The van der Waals surface area contributed by atoms with Crippen molar-refractivity contribution < 1.29 is 4.79 Å². The molecule has 5 rings (SSSR count). The number of piperidine rings is 1. The number of hydrogen-bond donors (Lipinski definition) is 2. The number of nitrogens with two attached hydrogens (primary N) is 1. The summed E-state index contributed by atoms with van der Waals surface area (Å²) in [7, 11) is 0. The first kappa shape index (κ1) is 22.9. The summed E-state index contributed by atoms with van der Waals surface area (Å²) >= 11 is 1.72. The Balaban J connectivity index is 1.20. The Kier molecular flexibility index (Phi) is 6.87. The van der Waals surface area contributed by atoms with Gasteiger partial charge in [-0.15, -0.1) is 11.3 Å². The number of carbonyl (C=O) groups is 1. The van der Waals surface area contributed by atoms with E-state index >= 15 is 0 Å². The first-order valence-corrected chi connectivity index (χ1v) is 13.0. The van der Waals surface area contributed by atoms with Crippen molar-refractivity contribution in [2.75, 3.05) is 18.4 Å². The van der Waals surface area contributed by atoms with Gasteiger partial charge in [-0.25, -0.2) is 15.0 Å². The quantitative estimate of drug-likeness (QED) is 0.545. The fourth-order valence-electron chi connectivity index (χ4n) is 4.94. The van der Waals surface area contributed by atoms with Gasteiger partial charge in [-0.1, -0.05) is 6.07 Å². The summed E-state index contributed by atoms with van der Waals surface area (Å²) < 4.78 is 0. The molecule has 7 nitrogen and oxygen atoms in total. The number of nitrogens with zero attached hydrogens (tertiary/aromatic N) is 4. The van der Waals surface area contributed by atoms with Crippen LogP contribution in [0.15, 0.2) is 42.7 Å². The van der Waals surface area contributed by atoms with E-state index in [4.69, 9.17) is 15.7 Å². The maximum absolute atomic E-state index is 12.9. The second-order valence-electron chi connectivity index (χ2n) is 9.53. The summed E-state index contributed by atoms with van der Waals surface area (Å²) in [6.45, 7) is 3.68. The van der Waals surface area contributed by atoms with E-state index in [1.165, 1.54) is 0 Å². The van der Waals surface area contributed by atoms with Crippen molar-refractivity contribution in [3.05, 3.63) is 53.3 Å². The number of anilines is 2. The van der Waals surface area contributed by atoms with Crippen LogP contribution in [0.1, 0.15) is 55.0 Å². The Morgan fingerprint density at radius 1 is 1.06 bits per heavy atom. The van der Waals surface area contributed by atoms with Gasteiger partial charge in [0.2, 0.25) is 5.91 Å². The fourth-order valence-corrected chi connectivity index (χ4v) is 5.99. The van der Waals surface area contributed by atoms with Crippen molar-refractivity contribution in [3.8, 4) is 10.6 Å². The van der Waals surface area contributed by atoms with Crippen molar-refractivity contribution in [1.29, 1.82) is 0 Å². The number of carbonyl (C=O) groups excluding carboxylic acids is 1. The highest BCUT2D eigenvalue weighted by Crippen LogP contribution is 2.40.